The maximum Gasteiger partial charge on any atom is 0.414 e. The van der Waals surface area contributed by atoms with Crippen molar-refractivity contribution in [3.05, 3.63) is 24.0 Å². The predicted molar refractivity (Wildman–Crippen MR) is 87.0 cm³/mol. The molecule has 1 aliphatic heterocycles. The highest BCUT2D eigenvalue weighted by atomic mass is 19.4. The van der Waals surface area contributed by atoms with Crippen molar-refractivity contribution in [1.82, 2.24) is 15.2 Å². The molecule has 1 aliphatic rings. The first-order valence-electron chi connectivity index (χ1n) is 8.26. The maximum atomic E-state index is 13.5. The van der Waals surface area contributed by atoms with Crippen molar-refractivity contribution in [3.8, 4) is 0 Å². The van der Waals surface area contributed by atoms with Crippen molar-refractivity contribution < 1.29 is 27.5 Å². The number of likely N-dealkylation sites (tertiary alicyclic amines) is 1. The number of alkyl halides is 3. The molecule has 0 radical (unpaired) electrons. The number of carbonyl (C=O) groups is 2. The Hall–Kier alpha value is -2.52. The summed E-state index contributed by atoms with van der Waals surface area (Å²) in [6.45, 7) is 1.95. The third-order valence-corrected chi connectivity index (χ3v) is 3.97. The summed E-state index contributed by atoms with van der Waals surface area (Å²) in [5.41, 5.74) is 5.35. The van der Waals surface area contributed by atoms with E-state index in [-0.39, 0.29) is 31.0 Å². The molecule has 2 atom stereocenters. The number of nitrogens with zero attached hydrogens (tertiary/aromatic N) is 2. The van der Waals surface area contributed by atoms with E-state index in [0.717, 1.165) is 18.7 Å². The molecule has 0 saturated carbocycles. The molecule has 144 valence electrons. The highest BCUT2D eigenvalue weighted by Gasteiger charge is 2.50. The highest BCUT2D eigenvalue weighted by molar-refractivity contribution is 5.87. The second kappa shape index (κ2) is 8.24. The second-order valence-electron chi connectivity index (χ2n) is 5.97. The molecule has 0 spiro atoms. The van der Waals surface area contributed by atoms with Gasteiger partial charge < -0.3 is 20.7 Å². The van der Waals surface area contributed by atoms with E-state index in [4.69, 9.17) is 10.5 Å². The fraction of sp³-hybridized carbons (Fsp3) is 0.562. The lowest BCUT2D eigenvalue weighted by atomic mass is 10.1. The number of aromatic nitrogens is 1. The predicted octanol–water partition coefficient (Wildman–Crippen LogP) is 2.39. The third-order valence-electron chi connectivity index (χ3n) is 3.97. The number of ether oxygens (including phenoxy) is 1. The summed E-state index contributed by atoms with van der Waals surface area (Å²) in [5.74, 6) is -0.821. The van der Waals surface area contributed by atoms with Crippen molar-refractivity contribution in [2.24, 2.45) is 0 Å². The van der Waals surface area contributed by atoms with Crippen LogP contribution in [0.25, 0.3) is 0 Å². The molecule has 0 bridgehead atoms. The van der Waals surface area contributed by atoms with Crippen LogP contribution < -0.4 is 11.1 Å². The maximum absolute atomic E-state index is 13.5. The Kier molecular flexibility index (Phi) is 6.27. The topological polar surface area (TPSA) is 97.6 Å². The van der Waals surface area contributed by atoms with Crippen LogP contribution in [0.5, 0.6) is 0 Å². The molecule has 2 rings (SSSR count). The van der Waals surface area contributed by atoms with Crippen LogP contribution in [-0.2, 0) is 9.53 Å². The number of nitrogens with two attached hydrogens (primary N) is 1. The summed E-state index contributed by atoms with van der Waals surface area (Å²) in [4.78, 5) is 28.4. The van der Waals surface area contributed by atoms with Gasteiger partial charge in [-0.15, -0.1) is 0 Å². The third kappa shape index (κ3) is 4.77. The zero-order valence-corrected chi connectivity index (χ0v) is 14.3. The standard InChI is InChI=1S/C16H21F3N4O3/c1-2-3-8-26-15(25)22-12-6-7-23(14(12)24)13(16(17,18)19)11-5-4-10(20)9-21-11/h4-5,9,12-13H,2-3,6-8,20H2,1H3,(H,22,25)/t12-,13-/m0/s1. The molecule has 26 heavy (non-hydrogen) atoms. The molecule has 2 heterocycles. The van der Waals surface area contributed by atoms with Crippen molar-refractivity contribution >= 4 is 17.7 Å². The van der Waals surface area contributed by atoms with E-state index in [1.54, 1.807) is 0 Å². The van der Waals surface area contributed by atoms with Gasteiger partial charge in [0.1, 0.15) is 6.04 Å². The van der Waals surface area contributed by atoms with Gasteiger partial charge in [0.05, 0.1) is 24.2 Å². The van der Waals surface area contributed by atoms with Gasteiger partial charge >= 0.3 is 12.3 Å². The Labute approximate surface area is 148 Å². The van der Waals surface area contributed by atoms with E-state index in [0.29, 0.717) is 11.3 Å². The molecule has 2 amide bonds. The van der Waals surface area contributed by atoms with E-state index >= 15 is 0 Å². The lowest BCUT2D eigenvalue weighted by Gasteiger charge is -2.29. The summed E-state index contributed by atoms with van der Waals surface area (Å²) in [5, 5.41) is 2.32. The first-order chi connectivity index (χ1) is 12.2. The zero-order valence-electron chi connectivity index (χ0n) is 14.3. The van der Waals surface area contributed by atoms with E-state index < -0.39 is 30.3 Å². The van der Waals surface area contributed by atoms with Gasteiger partial charge in [0.2, 0.25) is 5.91 Å². The Morgan fingerprint density at radius 3 is 2.81 bits per heavy atom. The number of hydrogen-bond acceptors (Lipinski definition) is 5. The average Bonchev–Trinajstić information content (AvgIpc) is 2.90. The molecule has 1 fully saturated rings. The van der Waals surface area contributed by atoms with Crippen LogP contribution in [0.15, 0.2) is 18.3 Å². The van der Waals surface area contributed by atoms with Crippen LogP contribution in [0, 0.1) is 0 Å². The minimum atomic E-state index is -4.71. The minimum Gasteiger partial charge on any atom is -0.450 e. The van der Waals surface area contributed by atoms with Crippen molar-refractivity contribution in [3.63, 3.8) is 0 Å². The Balaban J connectivity index is 2.10. The lowest BCUT2D eigenvalue weighted by molar-refractivity contribution is -0.190. The Morgan fingerprint density at radius 2 is 2.23 bits per heavy atom. The molecule has 1 aromatic heterocycles. The molecular formula is C16H21F3N4O3. The average molecular weight is 374 g/mol. The number of carbonyl (C=O) groups excluding carboxylic acids is 2. The number of anilines is 1. The van der Waals surface area contributed by atoms with Crippen molar-refractivity contribution in [1.29, 1.82) is 0 Å². The molecule has 10 heteroatoms. The quantitative estimate of drug-likeness (QED) is 0.745. The number of halogens is 3. The molecule has 1 aromatic rings. The van der Waals surface area contributed by atoms with Gasteiger partial charge in [0.15, 0.2) is 6.04 Å². The van der Waals surface area contributed by atoms with Crippen LogP contribution in [0.1, 0.15) is 37.9 Å². The van der Waals surface area contributed by atoms with Crippen LogP contribution in [0.4, 0.5) is 23.7 Å². The number of amides is 2. The minimum absolute atomic E-state index is 0.0588. The van der Waals surface area contributed by atoms with Crippen LogP contribution in [-0.4, -0.2) is 47.3 Å². The summed E-state index contributed by atoms with van der Waals surface area (Å²) in [6.07, 6.45) is -2.87. The van der Waals surface area contributed by atoms with Gasteiger partial charge in [-0.1, -0.05) is 13.3 Å². The van der Waals surface area contributed by atoms with E-state index in [1.807, 2.05) is 6.92 Å². The van der Waals surface area contributed by atoms with Gasteiger partial charge in [-0.25, -0.2) is 4.79 Å². The largest absolute Gasteiger partial charge is 0.450 e. The normalized spacial score (nSPS) is 18.7. The first kappa shape index (κ1) is 19.8. The molecule has 3 N–H and O–H groups in total. The summed E-state index contributed by atoms with van der Waals surface area (Å²) in [6, 6.07) is -0.815. The lowest BCUT2D eigenvalue weighted by Crippen LogP contribution is -2.45. The fourth-order valence-electron chi connectivity index (χ4n) is 2.67. The number of nitrogens with one attached hydrogen (secondary N) is 1. The van der Waals surface area contributed by atoms with Gasteiger partial charge in [0.25, 0.3) is 0 Å². The smallest absolute Gasteiger partial charge is 0.414 e. The van der Waals surface area contributed by atoms with Gasteiger partial charge in [-0.2, -0.15) is 13.2 Å². The van der Waals surface area contributed by atoms with Crippen LogP contribution >= 0.6 is 0 Å². The number of rotatable bonds is 6. The molecule has 0 unspecified atom stereocenters. The summed E-state index contributed by atoms with van der Waals surface area (Å²) in [7, 11) is 0. The fourth-order valence-corrected chi connectivity index (χ4v) is 2.67. The molecule has 0 aliphatic carbocycles. The SMILES string of the molecule is CCCCOC(=O)N[C@H]1CCN([C@@H](c2ccc(N)cn2)C(F)(F)F)C1=O. The zero-order chi connectivity index (χ0) is 19.3. The van der Waals surface area contributed by atoms with Crippen molar-refractivity contribution in [2.75, 3.05) is 18.9 Å². The molecule has 7 nitrogen and oxygen atoms in total. The van der Waals surface area contributed by atoms with Gasteiger partial charge in [0, 0.05) is 6.54 Å². The number of alkyl carbamates (subject to hydrolysis) is 1. The summed E-state index contributed by atoms with van der Waals surface area (Å²) < 4.78 is 45.5. The highest BCUT2D eigenvalue weighted by Crippen LogP contribution is 2.39. The number of pyridine rings is 1. The van der Waals surface area contributed by atoms with Crippen LogP contribution in [0.3, 0.4) is 0 Å². The number of hydrogen-bond donors (Lipinski definition) is 2. The Morgan fingerprint density at radius 1 is 1.50 bits per heavy atom. The van der Waals surface area contributed by atoms with Crippen LogP contribution in [0.2, 0.25) is 0 Å². The molecule has 0 aromatic carbocycles. The summed E-state index contributed by atoms with van der Waals surface area (Å²) >= 11 is 0. The van der Waals surface area contributed by atoms with Crippen molar-refractivity contribution in [2.45, 2.75) is 44.4 Å². The van der Waals surface area contributed by atoms with E-state index in [9.17, 15) is 22.8 Å². The van der Waals surface area contributed by atoms with Gasteiger partial charge in [-0.3, -0.25) is 9.78 Å². The molecule has 1 saturated heterocycles. The monoisotopic (exact) mass is 374 g/mol. The number of nitrogen functional groups attached to an aromatic ring is 1. The Bertz CT molecular complexity index is 637. The van der Waals surface area contributed by atoms with E-state index in [2.05, 4.69) is 10.3 Å². The van der Waals surface area contributed by atoms with E-state index in [1.165, 1.54) is 6.07 Å². The molecular weight excluding hydrogens is 353 g/mol. The van der Waals surface area contributed by atoms with Gasteiger partial charge in [-0.05, 0) is 25.0 Å². The first-order valence-corrected chi connectivity index (χ1v) is 8.26. The second-order valence-corrected chi connectivity index (χ2v) is 5.97. The number of unbranched alkanes of at least 4 members (excludes halogenated alkanes) is 1.